The van der Waals surface area contributed by atoms with Crippen molar-refractivity contribution in [2.45, 2.75) is 43.9 Å². The average Bonchev–Trinajstić information content (AvgIpc) is 3.35. The molecule has 4 nitrogen and oxygen atoms in total. The third kappa shape index (κ3) is 3.31. The number of ether oxygens (including phenoxy) is 1. The molecule has 1 aromatic carbocycles. The van der Waals surface area contributed by atoms with E-state index in [-0.39, 0.29) is 24.1 Å². The molecule has 0 spiro atoms. The highest BCUT2D eigenvalue weighted by molar-refractivity contribution is 7.08. The smallest absolute Gasteiger partial charge is 0.254 e. The van der Waals surface area contributed by atoms with Gasteiger partial charge in [-0.2, -0.15) is 11.3 Å². The van der Waals surface area contributed by atoms with E-state index in [0.29, 0.717) is 5.88 Å². The van der Waals surface area contributed by atoms with Gasteiger partial charge in [-0.3, -0.25) is 4.79 Å². The lowest BCUT2D eigenvalue weighted by atomic mass is 9.98. The summed E-state index contributed by atoms with van der Waals surface area (Å²) >= 11 is 1.69. The number of carbonyl (C=O) groups is 1. The maximum absolute atomic E-state index is 13.2. The van der Waals surface area contributed by atoms with Gasteiger partial charge in [-0.25, -0.2) is 4.98 Å². The first-order chi connectivity index (χ1) is 13.8. The van der Waals surface area contributed by atoms with E-state index in [1.807, 2.05) is 42.5 Å². The molecule has 5 heteroatoms. The zero-order valence-corrected chi connectivity index (χ0v) is 16.3. The number of pyridine rings is 1. The fraction of sp³-hybridized carbons (Fsp3) is 0.304. The van der Waals surface area contributed by atoms with Crippen LogP contribution >= 0.6 is 11.3 Å². The van der Waals surface area contributed by atoms with Gasteiger partial charge in [-0.05, 0) is 59.0 Å². The zero-order valence-electron chi connectivity index (χ0n) is 15.5. The predicted octanol–water partition coefficient (Wildman–Crippen LogP) is 5.02. The molecule has 2 fully saturated rings. The Balaban J connectivity index is 1.29. The number of hydrogen-bond donors (Lipinski definition) is 0. The molecule has 28 heavy (non-hydrogen) atoms. The Hall–Kier alpha value is -2.66. The van der Waals surface area contributed by atoms with Crippen LogP contribution in [0.15, 0.2) is 65.5 Å². The standard InChI is InChI=1S/C23H22N2O2S/c26-23(17-6-4-16(5-7-17)18-10-12-28-15-18)25-19-8-9-20(25)14-21(13-19)27-22-3-1-2-11-24-22/h1-7,10-12,15,19-21H,8-9,13-14H2/t19-,20-/m0/s1. The van der Waals surface area contributed by atoms with Gasteiger partial charge in [0.15, 0.2) is 0 Å². The molecule has 0 saturated carbocycles. The van der Waals surface area contributed by atoms with Crippen LogP contribution in [0.2, 0.25) is 0 Å². The van der Waals surface area contributed by atoms with Gasteiger partial charge in [-0.1, -0.05) is 18.2 Å². The van der Waals surface area contributed by atoms with Gasteiger partial charge >= 0.3 is 0 Å². The Bertz CT molecular complexity index is 927. The molecule has 0 unspecified atom stereocenters. The fourth-order valence-corrected chi connectivity index (χ4v) is 5.19. The number of amides is 1. The molecule has 3 aromatic rings. The minimum absolute atomic E-state index is 0.136. The van der Waals surface area contributed by atoms with Gasteiger partial charge in [0.25, 0.3) is 5.91 Å². The van der Waals surface area contributed by atoms with E-state index in [0.717, 1.165) is 36.8 Å². The van der Waals surface area contributed by atoms with E-state index >= 15 is 0 Å². The molecule has 142 valence electrons. The summed E-state index contributed by atoms with van der Waals surface area (Å²) < 4.78 is 6.08. The normalized spacial score (nSPS) is 23.6. The lowest BCUT2D eigenvalue weighted by molar-refractivity contribution is 0.0348. The number of benzene rings is 1. The molecule has 2 aromatic heterocycles. The highest BCUT2D eigenvalue weighted by atomic mass is 32.1. The number of thiophene rings is 1. The first kappa shape index (κ1) is 17.4. The monoisotopic (exact) mass is 390 g/mol. The van der Waals surface area contributed by atoms with E-state index in [4.69, 9.17) is 4.74 Å². The summed E-state index contributed by atoms with van der Waals surface area (Å²) in [7, 11) is 0. The number of hydrogen-bond acceptors (Lipinski definition) is 4. The van der Waals surface area contributed by atoms with Gasteiger partial charge in [0.2, 0.25) is 5.88 Å². The summed E-state index contributed by atoms with van der Waals surface area (Å²) in [5.74, 6) is 0.830. The zero-order chi connectivity index (χ0) is 18.9. The molecule has 2 atom stereocenters. The van der Waals surface area contributed by atoms with Crippen molar-refractivity contribution in [3.05, 3.63) is 71.1 Å². The first-order valence-corrected chi connectivity index (χ1v) is 10.8. The first-order valence-electron chi connectivity index (χ1n) is 9.81. The third-order valence-corrected chi connectivity index (χ3v) is 6.52. The van der Waals surface area contributed by atoms with Crippen LogP contribution in [0, 0.1) is 0 Å². The number of fused-ring (bicyclic) bond motifs is 2. The summed E-state index contributed by atoms with van der Waals surface area (Å²) in [5, 5.41) is 4.20. The summed E-state index contributed by atoms with van der Waals surface area (Å²) in [6.07, 6.45) is 5.77. The number of carbonyl (C=O) groups excluding carboxylic acids is 1. The Morgan fingerprint density at radius 1 is 1.00 bits per heavy atom. The number of aromatic nitrogens is 1. The van der Waals surface area contributed by atoms with Crippen molar-refractivity contribution in [2.24, 2.45) is 0 Å². The molecule has 5 rings (SSSR count). The van der Waals surface area contributed by atoms with Gasteiger partial charge in [0.1, 0.15) is 6.10 Å². The molecule has 0 radical (unpaired) electrons. The van der Waals surface area contributed by atoms with Crippen molar-refractivity contribution in [1.82, 2.24) is 9.88 Å². The Morgan fingerprint density at radius 2 is 1.79 bits per heavy atom. The van der Waals surface area contributed by atoms with Crippen LogP contribution in [0.25, 0.3) is 11.1 Å². The van der Waals surface area contributed by atoms with Gasteiger partial charge in [-0.15, -0.1) is 0 Å². The van der Waals surface area contributed by atoms with Crippen molar-refractivity contribution in [3.8, 4) is 17.0 Å². The number of piperidine rings is 1. The average molecular weight is 391 g/mol. The van der Waals surface area contributed by atoms with Crippen LogP contribution in [0.4, 0.5) is 0 Å². The second kappa shape index (κ2) is 7.40. The van der Waals surface area contributed by atoms with Gasteiger partial charge < -0.3 is 9.64 Å². The maximum atomic E-state index is 13.2. The van der Waals surface area contributed by atoms with Crippen LogP contribution in [0.1, 0.15) is 36.0 Å². The van der Waals surface area contributed by atoms with Crippen LogP contribution in [-0.4, -0.2) is 34.0 Å². The predicted molar refractivity (Wildman–Crippen MR) is 111 cm³/mol. The molecule has 2 saturated heterocycles. The Kier molecular flexibility index (Phi) is 4.61. The topological polar surface area (TPSA) is 42.4 Å². The van der Waals surface area contributed by atoms with Crippen LogP contribution < -0.4 is 4.74 Å². The van der Waals surface area contributed by atoms with Crippen molar-refractivity contribution in [2.75, 3.05) is 0 Å². The molecule has 0 aliphatic carbocycles. The second-order valence-corrected chi connectivity index (χ2v) is 8.35. The number of nitrogens with zero attached hydrogens (tertiary/aromatic N) is 2. The Labute approximate surface area is 168 Å². The molecule has 2 bridgehead atoms. The molecule has 2 aliphatic rings. The molecular weight excluding hydrogens is 368 g/mol. The van der Waals surface area contributed by atoms with Crippen molar-refractivity contribution >= 4 is 17.2 Å². The van der Waals surface area contributed by atoms with Crippen molar-refractivity contribution in [3.63, 3.8) is 0 Å². The lowest BCUT2D eigenvalue weighted by Gasteiger charge is -2.38. The minimum atomic E-state index is 0.136. The quantitative estimate of drug-likeness (QED) is 0.628. The van der Waals surface area contributed by atoms with Crippen LogP contribution in [-0.2, 0) is 0 Å². The largest absolute Gasteiger partial charge is 0.474 e. The molecule has 4 heterocycles. The molecule has 0 N–H and O–H groups in total. The summed E-state index contributed by atoms with van der Waals surface area (Å²) in [6.45, 7) is 0. The van der Waals surface area contributed by atoms with E-state index in [2.05, 4.69) is 26.7 Å². The molecular formula is C23H22N2O2S. The van der Waals surface area contributed by atoms with Crippen LogP contribution in [0.5, 0.6) is 5.88 Å². The summed E-state index contributed by atoms with van der Waals surface area (Å²) in [5.41, 5.74) is 3.14. The van der Waals surface area contributed by atoms with E-state index in [1.165, 1.54) is 5.56 Å². The highest BCUT2D eigenvalue weighted by Crippen LogP contribution is 2.38. The summed E-state index contributed by atoms with van der Waals surface area (Å²) in [6, 6.07) is 16.4. The Morgan fingerprint density at radius 3 is 2.43 bits per heavy atom. The third-order valence-electron chi connectivity index (χ3n) is 5.84. The number of rotatable bonds is 4. The lowest BCUT2D eigenvalue weighted by Crippen LogP contribution is -2.49. The van der Waals surface area contributed by atoms with Crippen molar-refractivity contribution in [1.29, 1.82) is 0 Å². The molecule has 1 amide bonds. The minimum Gasteiger partial charge on any atom is -0.474 e. The van der Waals surface area contributed by atoms with Gasteiger partial charge in [0, 0.05) is 42.8 Å². The second-order valence-electron chi connectivity index (χ2n) is 7.57. The SMILES string of the molecule is O=C(c1ccc(-c2ccsc2)cc1)N1[C@H]2CC[C@H]1CC(Oc1ccccn1)C2. The van der Waals surface area contributed by atoms with E-state index in [1.54, 1.807) is 17.5 Å². The fourth-order valence-electron chi connectivity index (χ4n) is 4.53. The van der Waals surface area contributed by atoms with E-state index in [9.17, 15) is 4.79 Å². The van der Waals surface area contributed by atoms with Crippen molar-refractivity contribution < 1.29 is 9.53 Å². The van der Waals surface area contributed by atoms with Gasteiger partial charge in [0.05, 0.1) is 0 Å². The van der Waals surface area contributed by atoms with Crippen LogP contribution in [0.3, 0.4) is 0 Å². The maximum Gasteiger partial charge on any atom is 0.254 e. The summed E-state index contributed by atoms with van der Waals surface area (Å²) in [4.78, 5) is 19.6. The molecule has 2 aliphatic heterocycles. The highest BCUT2D eigenvalue weighted by Gasteiger charge is 2.44. The van der Waals surface area contributed by atoms with E-state index < -0.39 is 0 Å².